The zero-order chi connectivity index (χ0) is 14.1. The third-order valence-electron chi connectivity index (χ3n) is 3.65. The molecule has 0 bridgehead atoms. The summed E-state index contributed by atoms with van der Waals surface area (Å²) in [6.07, 6.45) is 3.70. The topological polar surface area (TPSA) is 15.3 Å². The molecule has 0 saturated carbocycles. The van der Waals surface area contributed by atoms with Crippen molar-refractivity contribution in [2.75, 3.05) is 33.7 Å². The van der Waals surface area contributed by atoms with Gasteiger partial charge in [0.05, 0.1) is 0 Å². The Morgan fingerprint density at radius 2 is 1.74 bits per heavy atom. The van der Waals surface area contributed by atoms with Crippen molar-refractivity contribution in [2.24, 2.45) is 0 Å². The summed E-state index contributed by atoms with van der Waals surface area (Å²) in [6, 6.07) is 9.11. The second-order valence-corrected chi connectivity index (χ2v) is 5.76. The predicted octanol–water partition coefficient (Wildman–Crippen LogP) is 3.28. The van der Waals surface area contributed by atoms with Gasteiger partial charge >= 0.3 is 0 Å². The molecule has 0 heterocycles. The van der Waals surface area contributed by atoms with Crippen molar-refractivity contribution in [3.63, 3.8) is 0 Å². The Balaban J connectivity index is 2.24. The summed E-state index contributed by atoms with van der Waals surface area (Å²) in [6.45, 7) is 7.97. The van der Waals surface area contributed by atoms with E-state index in [0.717, 1.165) is 19.5 Å². The number of rotatable bonds is 9. The molecule has 2 nitrogen and oxygen atoms in total. The minimum absolute atomic E-state index is 0.629. The van der Waals surface area contributed by atoms with Crippen LogP contribution in [-0.4, -0.2) is 38.6 Å². The fourth-order valence-corrected chi connectivity index (χ4v) is 2.18. The first-order valence-electron chi connectivity index (χ1n) is 7.55. The van der Waals surface area contributed by atoms with Gasteiger partial charge in [-0.15, -0.1) is 0 Å². The second-order valence-electron chi connectivity index (χ2n) is 5.76. The Labute approximate surface area is 119 Å². The van der Waals surface area contributed by atoms with E-state index in [1.807, 2.05) is 7.05 Å². The molecule has 0 atom stereocenters. The molecule has 0 aliphatic heterocycles. The number of nitrogens with one attached hydrogen (secondary N) is 1. The summed E-state index contributed by atoms with van der Waals surface area (Å²) in [5.41, 5.74) is 2.88. The number of hydrogen-bond acceptors (Lipinski definition) is 2. The smallest absolute Gasteiger partial charge is 0.00188 e. The first-order valence-corrected chi connectivity index (χ1v) is 7.55. The molecule has 19 heavy (non-hydrogen) atoms. The molecular formula is C17H30N2. The van der Waals surface area contributed by atoms with Crippen LogP contribution in [0.4, 0.5) is 0 Å². The molecule has 1 N–H and O–H groups in total. The molecular weight excluding hydrogens is 232 g/mol. The molecule has 1 aromatic carbocycles. The van der Waals surface area contributed by atoms with Gasteiger partial charge in [0.1, 0.15) is 0 Å². The average Bonchev–Trinajstić information content (AvgIpc) is 2.42. The van der Waals surface area contributed by atoms with Gasteiger partial charge in [-0.05, 0) is 63.5 Å². The van der Waals surface area contributed by atoms with Gasteiger partial charge in [-0.2, -0.15) is 0 Å². The van der Waals surface area contributed by atoms with Gasteiger partial charge in [-0.25, -0.2) is 0 Å². The van der Waals surface area contributed by atoms with Gasteiger partial charge in [0.25, 0.3) is 0 Å². The Kier molecular flexibility index (Phi) is 7.76. The summed E-state index contributed by atoms with van der Waals surface area (Å²) >= 11 is 0. The summed E-state index contributed by atoms with van der Waals surface area (Å²) < 4.78 is 0. The summed E-state index contributed by atoms with van der Waals surface area (Å²) in [7, 11) is 4.24. The first-order chi connectivity index (χ1) is 9.13. The van der Waals surface area contributed by atoms with Gasteiger partial charge in [0.2, 0.25) is 0 Å². The monoisotopic (exact) mass is 262 g/mol. The fraction of sp³-hybridized carbons (Fsp3) is 0.647. The van der Waals surface area contributed by atoms with Crippen LogP contribution >= 0.6 is 0 Å². The molecule has 0 fully saturated rings. The Morgan fingerprint density at radius 3 is 2.32 bits per heavy atom. The highest BCUT2D eigenvalue weighted by Crippen LogP contribution is 2.15. The SMILES string of the molecule is CNCCCCN(C)CCc1ccc(C(C)C)cc1. The van der Waals surface area contributed by atoms with Crippen molar-refractivity contribution in [2.45, 2.75) is 39.0 Å². The molecule has 0 saturated heterocycles. The number of benzene rings is 1. The third-order valence-corrected chi connectivity index (χ3v) is 3.65. The number of unbranched alkanes of at least 4 members (excludes halogenated alkanes) is 1. The molecule has 0 aromatic heterocycles. The first kappa shape index (κ1) is 16.2. The van der Waals surface area contributed by atoms with E-state index in [4.69, 9.17) is 0 Å². The highest BCUT2D eigenvalue weighted by molar-refractivity contribution is 5.24. The molecule has 0 spiro atoms. The molecule has 0 aliphatic carbocycles. The number of hydrogen-bond donors (Lipinski definition) is 1. The lowest BCUT2D eigenvalue weighted by molar-refractivity contribution is 0.329. The molecule has 0 aliphatic rings. The van der Waals surface area contributed by atoms with E-state index in [1.54, 1.807) is 0 Å². The van der Waals surface area contributed by atoms with Crippen LogP contribution in [0.3, 0.4) is 0 Å². The van der Waals surface area contributed by atoms with Crippen LogP contribution in [0, 0.1) is 0 Å². The van der Waals surface area contributed by atoms with Crippen LogP contribution in [0.1, 0.15) is 43.7 Å². The van der Waals surface area contributed by atoms with Crippen molar-refractivity contribution in [3.05, 3.63) is 35.4 Å². The molecule has 0 unspecified atom stereocenters. The largest absolute Gasteiger partial charge is 0.320 e. The fourth-order valence-electron chi connectivity index (χ4n) is 2.18. The van der Waals surface area contributed by atoms with E-state index < -0.39 is 0 Å². The quantitative estimate of drug-likeness (QED) is 0.687. The maximum Gasteiger partial charge on any atom is 0.00188 e. The standard InChI is InChI=1S/C17H30N2/c1-15(2)17-9-7-16(8-10-17)11-14-19(4)13-6-5-12-18-3/h7-10,15,18H,5-6,11-14H2,1-4H3. The lowest BCUT2D eigenvalue weighted by atomic mass is 10.0. The third kappa shape index (κ3) is 6.74. The van der Waals surface area contributed by atoms with Crippen molar-refractivity contribution in [1.29, 1.82) is 0 Å². The van der Waals surface area contributed by atoms with Crippen LogP contribution in [0.25, 0.3) is 0 Å². The summed E-state index contributed by atoms with van der Waals surface area (Å²) in [5, 5.41) is 3.20. The summed E-state index contributed by atoms with van der Waals surface area (Å²) in [5.74, 6) is 0.629. The Hall–Kier alpha value is -0.860. The van der Waals surface area contributed by atoms with Crippen LogP contribution < -0.4 is 5.32 Å². The van der Waals surface area contributed by atoms with E-state index in [0.29, 0.717) is 5.92 Å². The molecule has 1 aromatic rings. The summed E-state index contributed by atoms with van der Waals surface area (Å²) in [4.78, 5) is 2.44. The lowest BCUT2D eigenvalue weighted by Gasteiger charge is -2.16. The van der Waals surface area contributed by atoms with Crippen molar-refractivity contribution in [3.8, 4) is 0 Å². The van der Waals surface area contributed by atoms with Crippen LogP contribution in [0.15, 0.2) is 24.3 Å². The average molecular weight is 262 g/mol. The lowest BCUT2D eigenvalue weighted by Crippen LogP contribution is -2.23. The van der Waals surface area contributed by atoms with E-state index in [9.17, 15) is 0 Å². The predicted molar refractivity (Wildman–Crippen MR) is 84.9 cm³/mol. The minimum atomic E-state index is 0.629. The number of nitrogens with zero attached hydrogens (tertiary/aromatic N) is 1. The molecule has 0 amide bonds. The van der Waals surface area contributed by atoms with Crippen molar-refractivity contribution >= 4 is 0 Å². The minimum Gasteiger partial charge on any atom is -0.320 e. The van der Waals surface area contributed by atoms with Gasteiger partial charge in [0.15, 0.2) is 0 Å². The molecule has 108 valence electrons. The maximum absolute atomic E-state index is 3.20. The molecule has 1 rings (SSSR count). The Morgan fingerprint density at radius 1 is 1.05 bits per heavy atom. The van der Waals surface area contributed by atoms with E-state index >= 15 is 0 Å². The highest BCUT2D eigenvalue weighted by Gasteiger charge is 2.01. The van der Waals surface area contributed by atoms with E-state index in [-0.39, 0.29) is 0 Å². The maximum atomic E-state index is 3.20. The van der Waals surface area contributed by atoms with Gasteiger partial charge in [-0.1, -0.05) is 38.1 Å². The van der Waals surface area contributed by atoms with Crippen LogP contribution in [-0.2, 0) is 6.42 Å². The Bertz CT molecular complexity index is 330. The van der Waals surface area contributed by atoms with Gasteiger partial charge in [-0.3, -0.25) is 0 Å². The van der Waals surface area contributed by atoms with Crippen molar-refractivity contribution < 1.29 is 0 Å². The van der Waals surface area contributed by atoms with Gasteiger partial charge < -0.3 is 10.2 Å². The van der Waals surface area contributed by atoms with Crippen molar-refractivity contribution in [1.82, 2.24) is 10.2 Å². The zero-order valence-electron chi connectivity index (χ0n) is 13.1. The zero-order valence-corrected chi connectivity index (χ0v) is 13.1. The van der Waals surface area contributed by atoms with Gasteiger partial charge in [0, 0.05) is 6.54 Å². The molecule has 0 radical (unpaired) electrons. The highest BCUT2D eigenvalue weighted by atomic mass is 15.1. The molecule has 2 heteroatoms. The van der Waals surface area contributed by atoms with E-state index in [1.165, 1.54) is 30.5 Å². The second kappa shape index (κ2) is 9.11. The van der Waals surface area contributed by atoms with Crippen LogP contribution in [0.5, 0.6) is 0 Å². The normalized spacial score (nSPS) is 11.5. The van der Waals surface area contributed by atoms with E-state index in [2.05, 4.69) is 55.4 Å². The van der Waals surface area contributed by atoms with Crippen LogP contribution in [0.2, 0.25) is 0 Å². The number of likely N-dealkylation sites (N-methyl/N-ethyl adjacent to an activating group) is 1.